The molecule has 1 aliphatic rings. The molecule has 0 radical (unpaired) electrons. The maximum absolute atomic E-state index is 11.9. The van der Waals surface area contributed by atoms with E-state index >= 15 is 0 Å². The lowest BCUT2D eigenvalue weighted by molar-refractivity contribution is 0.0505. The number of carbonyl (C=O) groups is 1. The monoisotopic (exact) mass is 266 g/mol. The summed E-state index contributed by atoms with van der Waals surface area (Å²) in [6.45, 7) is 4.90. The first-order valence-corrected chi connectivity index (χ1v) is 7.85. The Hall–Kier alpha value is -0.830. The van der Waals surface area contributed by atoms with Gasteiger partial charge in [0.2, 0.25) is 0 Å². The third-order valence-corrected chi connectivity index (χ3v) is 4.91. The second kappa shape index (κ2) is 6.37. The normalized spacial score (nSPS) is 18.4. The van der Waals surface area contributed by atoms with Crippen LogP contribution in [0.4, 0.5) is 0 Å². The number of rotatable bonds is 5. The van der Waals surface area contributed by atoms with Crippen molar-refractivity contribution in [3.8, 4) is 0 Å². The minimum Gasteiger partial charge on any atom is -0.462 e. The summed E-state index contributed by atoms with van der Waals surface area (Å²) in [6, 6.07) is 2.07. The largest absolute Gasteiger partial charge is 0.462 e. The number of fused-ring (bicyclic) bond motifs is 1. The minimum atomic E-state index is -0.129. The minimum absolute atomic E-state index is 0.129. The van der Waals surface area contributed by atoms with Crippen molar-refractivity contribution in [2.24, 2.45) is 5.92 Å². The smallest absolute Gasteiger partial charge is 0.348 e. The summed E-state index contributed by atoms with van der Waals surface area (Å²) in [5, 5.41) is 0. The van der Waals surface area contributed by atoms with Crippen LogP contribution in [-0.2, 0) is 17.6 Å². The molecule has 0 spiro atoms. The van der Waals surface area contributed by atoms with Crippen LogP contribution in [0.2, 0.25) is 0 Å². The predicted molar refractivity (Wildman–Crippen MR) is 75.3 cm³/mol. The van der Waals surface area contributed by atoms with Crippen LogP contribution in [0.3, 0.4) is 0 Å². The first-order valence-electron chi connectivity index (χ1n) is 7.03. The van der Waals surface area contributed by atoms with Crippen LogP contribution in [0.15, 0.2) is 6.07 Å². The first-order chi connectivity index (χ1) is 8.74. The zero-order valence-electron chi connectivity index (χ0n) is 11.3. The molecule has 100 valence electrons. The van der Waals surface area contributed by atoms with Crippen LogP contribution in [0.1, 0.15) is 59.6 Å². The molecular formula is C15H22O2S. The van der Waals surface area contributed by atoms with E-state index in [0.717, 1.165) is 36.5 Å². The van der Waals surface area contributed by atoms with Crippen molar-refractivity contribution >= 4 is 17.3 Å². The Morgan fingerprint density at radius 1 is 1.50 bits per heavy atom. The van der Waals surface area contributed by atoms with E-state index in [9.17, 15) is 4.79 Å². The van der Waals surface area contributed by atoms with E-state index in [1.165, 1.54) is 23.3 Å². The van der Waals surface area contributed by atoms with E-state index < -0.39 is 0 Å². The molecule has 0 fully saturated rings. The quantitative estimate of drug-likeness (QED) is 0.589. The summed E-state index contributed by atoms with van der Waals surface area (Å²) < 4.78 is 5.27. The zero-order valence-corrected chi connectivity index (χ0v) is 12.1. The van der Waals surface area contributed by atoms with Gasteiger partial charge in [0, 0.05) is 4.88 Å². The van der Waals surface area contributed by atoms with Crippen LogP contribution < -0.4 is 0 Å². The van der Waals surface area contributed by atoms with E-state index in [0.29, 0.717) is 6.61 Å². The van der Waals surface area contributed by atoms with Gasteiger partial charge in [0.1, 0.15) is 4.88 Å². The van der Waals surface area contributed by atoms with Gasteiger partial charge in [-0.1, -0.05) is 26.7 Å². The second-order valence-electron chi connectivity index (χ2n) is 5.07. The molecular weight excluding hydrogens is 244 g/mol. The Kier molecular flexibility index (Phi) is 4.81. The van der Waals surface area contributed by atoms with Gasteiger partial charge in [-0.2, -0.15) is 0 Å². The summed E-state index contributed by atoms with van der Waals surface area (Å²) in [5.74, 6) is 0.673. The molecule has 0 aliphatic heterocycles. The van der Waals surface area contributed by atoms with Crippen LogP contribution in [0, 0.1) is 5.92 Å². The number of aryl methyl sites for hydroxylation is 1. The van der Waals surface area contributed by atoms with Crippen LogP contribution >= 0.6 is 11.3 Å². The van der Waals surface area contributed by atoms with Crippen molar-refractivity contribution < 1.29 is 9.53 Å². The van der Waals surface area contributed by atoms with Gasteiger partial charge in [0.15, 0.2) is 0 Å². The van der Waals surface area contributed by atoms with Crippen LogP contribution in [0.25, 0.3) is 0 Å². The number of hydrogen-bond donors (Lipinski definition) is 0. The number of thiophene rings is 1. The van der Waals surface area contributed by atoms with E-state index in [-0.39, 0.29) is 5.97 Å². The van der Waals surface area contributed by atoms with Gasteiger partial charge in [-0.3, -0.25) is 0 Å². The standard InChI is InChI=1S/C15H22O2S/c1-3-5-8-17-15(16)14-10-12-9-11(4-2)6-7-13(12)18-14/h10-11H,3-9H2,1-2H3. The molecule has 3 heteroatoms. The van der Waals surface area contributed by atoms with Crippen molar-refractivity contribution in [3.05, 3.63) is 21.4 Å². The molecule has 1 atom stereocenters. The van der Waals surface area contributed by atoms with Crippen molar-refractivity contribution in [2.75, 3.05) is 6.61 Å². The Morgan fingerprint density at radius 3 is 3.06 bits per heavy atom. The fourth-order valence-electron chi connectivity index (χ4n) is 2.43. The fraction of sp³-hybridized carbons (Fsp3) is 0.667. The molecule has 2 nitrogen and oxygen atoms in total. The molecule has 1 unspecified atom stereocenters. The lowest BCUT2D eigenvalue weighted by Crippen LogP contribution is -2.10. The number of ether oxygens (including phenoxy) is 1. The van der Waals surface area contributed by atoms with Crippen molar-refractivity contribution in [1.82, 2.24) is 0 Å². The van der Waals surface area contributed by atoms with Crippen LogP contribution in [-0.4, -0.2) is 12.6 Å². The summed E-state index contributed by atoms with van der Waals surface area (Å²) in [6.07, 6.45) is 6.81. The van der Waals surface area contributed by atoms with Gasteiger partial charge < -0.3 is 4.74 Å². The Bertz CT molecular complexity index is 409. The van der Waals surface area contributed by atoms with Gasteiger partial charge in [0.05, 0.1) is 6.61 Å². The average molecular weight is 266 g/mol. The number of unbranched alkanes of at least 4 members (excludes halogenated alkanes) is 1. The highest BCUT2D eigenvalue weighted by atomic mass is 32.1. The number of esters is 1. The number of carbonyl (C=O) groups excluding carboxylic acids is 1. The van der Waals surface area contributed by atoms with Crippen molar-refractivity contribution in [1.29, 1.82) is 0 Å². The average Bonchev–Trinajstić information content (AvgIpc) is 2.81. The molecule has 0 N–H and O–H groups in total. The highest BCUT2D eigenvalue weighted by molar-refractivity contribution is 7.14. The molecule has 0 aromatic carbocycles. The summed E-state index contributed by atoms with van der Waals surface area (Å²) >= 11 is 1.64. The van der Waals surface area contributed by atoms with E-state index in [4.69, 9.17) is 4.74 Å². The van der Waals surface area contributed by atoms with Crippen LogP contribution in [0.5, 0.6) is 0 Å². The summed E-state index contributed by atoms with van der Waals surface area (Å²) in [5.41, 5.74) is 1.39. The highest BCUT2D eigenvalue weighted by Gasteiger charge is 2.22. The summed E-state index contributed by atoms with van der Waals surface area (Å²) in [4.78, 5) is 14.1. The molecule has 18 heavy (non-hydrogen) atoms. The van der Waals surface area contributed by atoms with Gasteiger partial charge in [-0.25, -0.2) is 4.79 Å². The van der Waals surface area contributed by atoms with Gasteiger partial charge in [0.25, 0.3) is 0 Å². The van der Waals surface area contributed by atoms with E-state index in [1.807, 2.05) is 0 Å². The molecule has 0 amide bonds. The lowest BCUT2D eigenvalue weighted by atomic mass is 9.87. The molecule has 1 aromatic heterocycles. The third-order valence-electron chi connectivity index (χ3n) is 3.69. The molecule has 1 aromatic rings. The predicted octanol–water partition coefficient (Wildman–Crippen LogP) is 4.22. The van der Waals surface area contributed by atoms with Gasteiger partial charge >= 0.3 is 5.97 Å². The molecule has 0 saturated heterocycles. The highest BCUT2D eigenvalue weighted by Crippen LogP contribution is 2.33. The molecule has 0 bridgehead atoms. The zero-order chi connectivity index (χ0) is 13.0. The molecule has 1 aliphatic carbocycles. The van der Waals surface area contributed by atoms with Gasteiger partial charge in [-0.05, 0) is 43.2 Å². The molecule has 0 saturated carbocycles. The number of hydrogen-bond acceptors (Lipinski definition) is 3. The Morgan fingerprint density at radius 2 is 2.33 bits per heavy atom. The maximum Gasteiger partial charge on any atom is 0.348 e. The molecule has 2 rings (SSSR count). The van der Waals surface area contributed by atoms with Gasteiger partial charge in [-0.15, -0.1) is 11.3 Å². The topological polar surface area (TPSA) is 26.3 Å². The van der Waals surface area contributed by atoms with E-state index in [2.05, 4.69) is 19.9 Å². The fourth-order valence-corrected chi connectivity index (χ4v) is 3.53. The first kappa shape index (κ1) is 13.6. The van der Waals surface area contributed by atoms with Crippen molar-refractivity contribution in [2.45, 2.75) is 52.4 Å². The molecule has 1 heterocycles. The second-order valence-corrected chi connectivity index (χ2v) is 6.20. The summed E-state index contributed by atoms with van der Waals surface area (Å²) in [7, 11) is 0. The third kappa shape index (κ3) is 3.14. The maximum atomic E-state index is 11.9. The van der Waals surface area contributed by atoms with E-state index in [1.54, 1.807) is 11.3 Å². The SMILES string of the molecule is CCCCOC(=O)c1cc2c(s1)CCC(CC)C2. The van der Waals surface area contributed by atoms with Crippen molar-refractivity contribution in [3.63, 3.8) is 0 Å². The Labute approximate surface area is 113 Å². The Balaban J connectivity index is 1.99. The lowest BCUT2D eigenvalue weighted by Gasteiger charge is -2.19.